The van der Waals surface area contributed by atoms with Crippen LogP contribution in [-0.2, 0) is 17.1 Å². The fourth-order valence-corrected chi connectivity index (χ4v) is 4.24. The van der Waals surface area contributed by atoms with Crippen LogP contribution in [0.5, 0.6) is 0 Å². The summed E-state index contributed by atoms with van der Waals surface area (Å²) in [6.45, 7) is 3.73. The van der Waals surface area contributed by atoms with Crippen LogP contribution >= 0.6 is 11.6 Å². The van der Waals surface area contributed by atoms with Gasteiger partial charge in [-0.2, -0.15) is 5.10 Å². The van der Waals surface area contributed by atoms with E-state index in [9.17, 15) is 8.42 Å². The molecule has 0 aromatic carbocycles. The number of rotatable bonds is 6. The number of hydrogen-bond donors (Lipinski definition) is 0. The van der Waals surface area contributed by atoms with E-state index < -0.39 is 10.0 Å². The Labute approximate surface area is 138 Å². The lowest BCUT2D eigenvalue weighted by molar-refractivity contribution is 0.257. The molecule has 0 unspecified atom stereocenters. The molecule has 1 aliphatic rings. The lowest BCUT2D eigenvalue weighted by atomic mass is 10.1. The highest BCUT2D eigenvalue weighted by Crippen LogP contribution is 2.37. The predicted octanol–water partition coefficient (Wildman–Crippen LogP) is 1.80. The van der Waals surface area contributed by atoms with Gasteiger partial charge in [0.2, 0.25) is 10.0 Å². The molecule has 1 aliphatic heterocycles. The van der Waals surface area contributed by atoms with E-state index in [4.69, 9.17) is 11.6 Å². The summed E-state index contributed by atoms with van der Waals surface area (Å²) in [4.78, 5) is 2.33. The van der Waals surface area contributed by atoms with Gasteiger partial charge in [0.1, 0.15) is 5.15 Å². The predicted molar refractivity (Wildman–Crippen MR) is 88.6 cm³/mol. The van der Waals surface area contributed by atoms with E-state index in [1.165, 1.54) is 4.31 Å². The molecule has 1 aromatic rings. The molecule has 6 nitrogen and oxygen atoms in total. The Morgan fingerprint density at radius 2 is 2.09 bits per heavy atom. The molecule has 0 spiro atoms. The van der Waals surface area contributed by atoms with Crippen molar-refractivity contribution in [3.8, 4) is 0 Å². The molecule has 22 heavy (non-hydrogen) atoms. The van der Waals surface area contributed by atoms with Gasteiger partial charge in [-0.05, 0) is 39.3 Å². The number of aryl methyl sites for hydroxylation is 2. The van der Waals surface area contributed by atoms with Crippen LogP contribution in [0.15, 0.2) is 0 Å². The lowest BCUT2D eigenvalue weighted by Gasteiger charge is -2.25. The van der Waals surface area contributed by atoms with E-state index in [1.54, 1.807) is 18.8 Å². The van der Waals surface area contributed by atoms with Crippen molar-refractivity contribution in [3.63, 3.8) is 0 Å². The highest BCUT2D eigenvalue weighted by molar-refractivity contribution is 7.89. The quantitative estimate of drug-likeness (QED) is 0.786. The van der Waals surface area contributed by atoms with Crippen LogP contribution in [0.4, 0.5) is 0 Å². The zero-order valence-corrected chi connectivity index (χ0v) is 15.3. The highest BCUT2D eigenvalue weighted by Gasteiger charge is 2.31. The molecule has 1 fully saturated rings. The van der Waals surface area contributed by atoms with Crippen molar-refractivity contribution < 1.29 is 8.42 Å². The number of likely N-dealkylation sites (tertiary alicyclic amines) is 1. The van der Waals surface area contributed by atoms with Gasteiger partial charge in [0.25, 0.3) is 0 Å². The van der Waals surface area contributed by atoms with Crippen molar-refractivity contribution in [1.82, 2.24) is 19.0 Å². The third-order valence-electron chi connectivity index (χ3n) is 4.30. The minimum Gasteiger partial charge on any atom is -0.296 e. The van der Waals surface area contributed by atoms with Crippen molar-refractivity contribution in [2.75, 3.05) is 32.9 Å². The minimum atomic E-state index is -3.12. The smallest absolute Gasteiger partial charge is 0.213 e. The SMILES string of the molecule is Cc1nn(C)c(Cl)c1[C@@H]1CCCN1CCCS(=O)(=O)N(C)C. The van der Waals surface area contributed by atoms with Crippen LogP contribution in [-0.4, -0.2) is 60.3 Å². The van der Waals surface area contributed by atoms with Gasteiger partial charge in [-0.15, -0.1) is 0 Å². The first-order valence-electron chi connectivity index (χ1n) is 7.57. The van der Waals surface area contributed by atoms with Crippen LogP contribution in [0.2, 0.25) is 5.15 Å². The summed E-state index contributed by atoms with van der Waals surface area (Å²) >= 11 is 6.38. The molecule has 0 N–H and O–H groups in total. The maximum absolute atomic E-state index is 11.8. The Morgan fingerprint density at radius 1 is 1.41 bits per heavy atom. The first kappa shape index (κ1) is 17.7. The Morgan fingerprint density at radius 3 is 2.64 bits per heavy atom. The summed E-state index contributed by atoms with van der Waals surface area (Å²) in [5, 5.41) is 5.08. The van der Waals surface area contributed by atoms with Gasteiger partial charge < -0.3 is 0 Å². The van der Waals surface area contributed by atoms with Crippen molar-refractivity contribution in [1.29, 1.82) is 0 Å². The molecular weight excluding hydrogens is 324 g/mol. The van der Waals surface area contributed by atoms with E-state index in [0.29, 0.717) is 11.6 Å². The molecule has 1 aromatic heterocycles. The Hall–Kier alpha value is -0.630. The van der Waals surface area contributed by atoms with Gasteiger partial charge in [-0.25, -0.2) is 12.7 Å². The monoisotopic (exact) mass is 348 g/mol. The highest BCUT2D eigenvalue weighted by atomic mass is 35.5. The molecule has 1 atom stereocenters. The summed E-state index contributed by atoms with van der Waals surface area (Å²) in [7, 11) is 1.88. The maximum atomic E-state index is 11.8. The van der Waals surface area contributed by atoms with Gasteiger partial charge in [-0.3, -0.25) is 9.58 Å². The van der Waals surface area contributed by atoms with Crippen molar-refractivity contribution in [2.24, 2.45) is 7.05 Å². The summed E-state index contributed by atoms with van der Waals surface area (Å²) in [5.74, 6) is 0.184. The zero-order valence-electron chi connectivity index (χ0n) is 13.7. The van der Waals surface area contributed by atoms with Crippen LogP contribution in [0, 0.1) is 6.92 Å². The van der Waals surface area contributed by atoms with Crippen molar-refractivity contribution in [2.45, 2.75) is 32.2 Å². The minimum absolute atomic E-state index is 0.184. The summed E-state index contributed by atoms with van der Waals surface area (Å²) < 4.78 is 26.7. The molecule has 0 saturated carbocycles. The molecule has 8 heteroatoms. The van der Waals surface area contributed by atoms with Gasteiger partial charge in [0.05, 0.1) is 11.4 Å². The standard InChI is InChI=1S/C14H25ClN4O2S/c1-11-13(14(15)18(4)16-11)12-7-5-8-19(12)9-6-10-22(20,21)17(2)3/h12H,5-10H2,1-4H3/t12-/m0/s1. The Kier molecular flexibility index (Phi) is 5.53. The molecule has 0 radical (unpaired) electrons. The van der Waals surface area contributed by atoms with E-state index in [2.05, 4.69) is 10.00 Å². The molecule has 2 rings (SSSR count). The Balaban J connectivity index is 2.03. The molecular formula is C14H25ClN4O2S. The molecule has 0 amide bonds. The first-order chi connectivity index (χ1) is 10.2. The van der Waals surface area contributed by atoms with Crippen molar-refractivity contribution in [3.05, 3.63) is 16.4 Å². The number of aromatic nitrogens is 2. The summed E-state index contributed by atoms with van der Waals surface area (Å²) in [6, 6.07) is 0.253. The van der Waals surface area contributed by atoms with Gasteiger partial charge in [0, 0.05) is 32.7 Å². The average molecular weight is 349 g/mol. The zero-order chi connectivity index (χ0) is 16.5. The second kappa shape index (κ2) is 6.86. The normalized spacial score (nSPS) is 20.2. The van der Waals surface area contributed by atoms with E-state index in [-0.39, 0.29) is 11.8 Å². The van der Waals surface area contributed by atoms with E-state index in [1.807, 2.05) is 14.0 Å². The van der Waals surface area contributed by atoms with Crippen LogP contribution < -0.4 is 0 Å². The molecule has 0 aliphatic carbocycles. The third kappa shape index (κ3) is 3.64. The fraction of sp³-hybridized carbons (Fsp3) is 0.786. The first-order valence-corrected chi connectivity index (χ1v) is 9.56. The van der Waals surface area contributed by atoms with Crippen LogP contribution in [0.3, 0.4) is 0 Å². The average Bonchev–Trinajstić information content (AvgIpc) is 2.95. The molecule has 0 bridgehead atoms. The third-order valence-corrected chi connectivity index (χ3v) is 6.66. The summed E-state index contributed by atoms with van der Waals surface area (Å²) in [6.07, 6.45) is 2.79. The van der Waals surface area contributed by atoms with Gasteiger partial charge in [0.15, 0.2) is 0 Å². The number of nitrogens with zero attached hydrogens (tertiary/aromatic N) is 4. The largest absolute Gasteiger partial charge is 0.296 e. The second-order valence-electron chi connectivity index (χ2n) is 6.06. The summed E-state index contributed by atoms with van der Waals surface area (Å²) in [5.41, 5.74) is 2.06. The number of halogens is 1. The van der Waals surface area contributed by atoms with Gasteiger partial charge >= 0.3 is 0 Å². The number of hydrogen-bond acceptors (Lipinski definition) is 4. The number of sulfonamides is 1. The fourth-order valence-electron chi connectivity index (χ4n) is 3.08. The van der Waals surface area contributed by atoms with E-state index >= 15 is 0 Å². The van der Waals surface area contributed by atoms with Crippen LogP contribution in [0.1, 0.15) is 36.6 Å². The maximum Gasteiger partial charge on any atom is 0.213 e. The molecule has 1 saturated heterocycles. The second-order valence-corrected chi connectivity index (χ2v) is 8.72. The van der Waals surface area contributed by atoms with Gasteiger partial charge in [-0.1, -0.05) is 11.6 Å². The van der Waals surface area contributed by atoms with E-state index in [0.717, 1.165) is 37.2 Å². The topological polar surface area (TPSA) is 58.4 Å². The lowest BCUT2D eigenvalue weighted by Crippen LogP contribution is -2.29. The molecule has 2 heterocycles. The van der Waals surface area contributed by atoms with Crippen LogP contribution in [0.25, 0.3) is 0 Å². The molecule has 126 valence electrons. The Bertz CT molecular complexity index is 627. The van der Waals surface area contributed by atoms with Crippen molar-refractivity contribution >= 4 is 21.6 Å².